The van der Waals surface area contributed by atoms with Gasteiger partial charge in [0.2, 0.25) is 0 Å². The zero-order valence-electron chi connectivity index (χ0n) is 7.63. The van der Waals surface area contributed by atoms with E-state index in [0.717, 1.165) is 11.1 Å². The zero-order chi connectivity index (χ0) is 10.8. The molecule has 0 amide bonds. The number of hydrogen-bond acceptors (Lipinski definition) is 1. The van der Waals surface area contributed by atoms with Gasteiger partial charge in [0.15, 0.2) is 0 Å². The lowest BCUT2D eigenvalue weighted by molar-refractivity contribution is 0.108. The molecule has 0 saturated carbocycles. The molecule has 0 saturated heterocycles. The van der Waals surface area contributed by atoms with E-state index in [0.29, 0.717) is 10.7 Å². The standard InChI is InChI=1S/C11H7Cl2NO/c12-10-5-7(6-14-10)8-3-1-2-4-9(8)11(13)15/h1-6,14H. The largest absolute Gasteiger partial charge is 0.352 e. The SMILES string of the molecule is O=C(Cl)c1ccccc1-c1c[nH]c(Cl)c1. The number of carbonyl (C=O) groups is 1. The third-order valence-electron chi connectivity index (χ3n) is 2.10. The zero-order valence-corrected chi connectivity index (χ0v) is 9.14. The maximum atomic E-state index is 11.2. The maximum absolute atomic E-state index is 11.2. The van der Waals surface area contributed by atoms with Crippen LogP contribution in [0.1, 0.15) is 10.4 Å². The van der Waals surface area contributed by atoms with E-state index < -0.39 is 5.24 Å². The summed E-state index contributed by atoms with van der Waals surface area (Å²) in [6, 6.07) is 8.88. The molecule has 0 bridgehead atoms. The highest BCUT2D eigenvalue weighted by Crippen LogP contribution is 2.26. The normalized spacial score (nSPS) is 10.3. The van der Waals surface area contributed by atoms with Gasteiger partial charge < -0.3 is 4.98 Å². The summed E-state index contributed by atoms with van der Waals surface area (Å²) in [5.41, 5.74) is 2.11. The fourth-order valence-electron chi connectivity index (χ4n) is 1.43. The highest BCUT2D eigenvalue weighted by atomic mass is 35.5. The number of H-pyrrole nitrogens is 1. The molecule has 2 rings (SSSR count). The highest BCUT2D eigenvalue weighted by molar-refractivity contribution is 6.68. The molecule has 1 heterocycles. The molecule has 1 aromatic heterocycles. The third kappa shape index (κ3) is 2.06. The first-order chi connectivity index (χ1) is 7.18. The summed E-state index contributed by atoms with van der Waals surface area (Å²) in [5, 5.41) is 0.0600. The summed E-state index contributed by atoms with van der Waals surface area (Å²) in [5.74, 6) is 0. The van der Waals surface area contributed by atoms with E-state index in [4.69, 9.17) is 23.2 Å². The van der Waals surface area contributed by atoms with Gasteiger partial charge in [-0.05, 0) is 29.3 Å². The first-order valence-corrected chi connectivity index (χ1v) is 5.07. The van der Waals surface area contributed by atoms with Crippen LogP contribution < -0.4 is 0 Å². The monoisotopic (exact) mass is 239 g/mol. The van der Waals surface area contributed by atoms with E-state index in [1.807, 2.05) is 12.1 Å². The second kappa shape index (κ2) is 4.09. The Morgan fingerprint density at radius 2 is 2.00 bits per heavy atom. The molecule has 0 unspecified atom stereocenters. The molecule has 2 nitrogen and oxygen atoms in total. The van der Waals surface area contributed by atoms with Gasteiger partial charge in [0.25, 0.3) is 5.24 Å². The van der Waals surface area contributed by atoms with Crippen LogP contribution in [0.2, 0.25) is 5.15 Å². The minimum atomic E-state index is -0.470. The Hall–Kier alpha value is -1.25. The van der Waals surface area contributed by atoms with Crippen LogP contribution in [0.3, 0.4) is 0 Å². The van der Waals surface area contributed by atoms with Gasteiger partial charge in [-0.1, -0.05) is 29.8 Å². The third-order valence-corrected chi connectivity index (χ3v) is 2.52. The molecule has 0 atom stereocenters. The summed E-state index contributed by atoms with van der Waals surface area (Å²) >= 11 is 11.3. The Morgan fingerprint density at radius 1 is 1.27 bits per heavy atom. The van der Waals surface area contributed by atoms with Crippen LogP contribution in [0, 0.1) is 0 Å². The number of nitrogens with one attached hydrogen (secondary N) is 1. The Bertz CT molecular complexity index is 505. The fourth-order valence-corrected chi connectivity index (χ4v) is 1.77. The Balaban J connectivity index is 2.57. The van der Waals surface area contributed by atoms with Crippen molar-refractivity contribution in [1.29, 1.82) is 0 Å². The lowest BCUT2D eigenvalue weighted by Gasteiger charge is -2.02. The second-order valence-electron chi connectivity index (χ2n) is 3.06. The molecule has 2 aromatic rings. The van der Waals surface area contributed by atoms with E-state index in [-0.39, 0.29) is 0 Å². The van der Waals surface area contributed by atoms with Crippen molar-refractivity contribution in [3.8, 4) is 11.1 Å². The van der Waals surface area contributed by atoms with Gasteiger partial charge in [-0.2, -0.15) is 0 Å². The minimum Gasteiger partial charge on any atom is -0.352 e. The van der Waals surface area contributed by atoms with Crippen molar-refractivity contribution >= 4 is 28.4 Å². The van der Waals surface area contributed by atoms with Crippen molar-refractivity contribution in [2.75, 3.05) is 0 Å². The molecular formula is C11H7Cl2NO. The molecule has 1 N–H and O–H groups in total. The van der Waals surface area contributed by atoms with Crippen molar-refractivity contribution in [3.05, 3.63) is 47.2 Å². The van der Waals surface area contributed by atoms with E-state index in [1.54, 1.807) is 24.4 Å². The highest BCUT2D eigenvalue weighted by Gasteiger charge is 2.10. The molecule has 15 heavy (non-hydrogen) atoms. The average molecular weight is 240 g/mol. The van der Waals surface area contributed by atoms with Crippen LogP contribution in [-0.4, -0.2) is 10.2 Å². The van der Waals surface area contributed by atoms with Crippen molar-refractivity contribution in [1.82, 2.24) is 4.98 Å². The number of hydrogen-bond donors (Lipinski definition) is 1. The van der Waals surface area contributed by atoms with Gasteiger partial charge in [0.05, 0.1) is 0 Å². The van der Waals surface area contributed by atoms with E-state index in [9.17, 15) is 4.79 Å². The molecule has 76 valence electrons. The first kappa shape index (κ1) is 10.3. The van der Waals surface area contributed by atoms with Gasteiger partial charge in [-0.3, -0.25) is 4.79 Å². The first-order valence-electron chi connectivity index (χ1n) is 4.31. The Morgan fingerprint density at radius 3 is 2.60 bits per heavy atom. The number of benzene rings is 1. The molecule has 0 fully saturated rings. The molecule has 0 spiro atoms. The topological polar surface area (TPSA) is 32.9 Å². The number of carbonyl (C=O) groups excluding carboxylic acids is 1. The molecule has 4 heteroatoms. The van der Waals surface area contributed by atoms with Gasteiger partial charge >= 0.3 is 0 Å². The Kier molecular flexibility index (Phi) is 2.80. The van der Waals surface area contributed by atoms with Crippen LogP contribution >= 0.6 is 23.2 Å². The van der Waals surface area contributed by atoms with E-state index in [1.165, 1.54) is 0 Å². The molecule has 0 aliphatic heterocycles. The van der Waals surface area contributed by atoms with Crippen LogP contribution in [0.25, 0.3) is 11.1 Å². The van der Waals surface area contributed by atoms with Crippen molar-refractivity contribution in [2.45, 2.75) is 0 Å². The van der Waals surface area contributed by atoms with Crippen LogP contribution in [-0.2, 0) is 0 Å². The summed E-state index contributed by atoms with van der Waals surface area (Å²) in [7, 11) is 0. The summed E-state index contributed by atoms with van der Waals surface area (Å²) in [4.78, 5) is 14.0. The summed E-state index contributed by atoms with van der Waals surface area (Å²) in [6.45, 7) is 0. The maximum Gasteiger partial charge on any atom is 0.253 e. The van der Waals surface area contributed by atoms with E-state index in [2.05, 4.69) is 4.98 Å². The van der Waals surface area contributed by atoms with E-state index >= 15 is 0 Å². The van der Waals surface area contributed by atoms with Crippen molar-refractivity contribution in [3.63, 3.8) is 0 Å². The number of rotatable bonds is 2. The lowest BCUT2D eigenvalue weighted by Crippen LogP contribution is -1.91. The second-order valence-corrected chi connectivity index (χ2v) is 3.81. The van der Waals surface area contributed by atoms with Gasteiger partial charge in [-0.25, -0.2) is 0 Å². The minimum absolute atomic E-state index is 0.470. The summed E-state index contributed by atoms with van der Waals surface area (Å²) < 4.78 is 0. The number of aromatic amines is 1. The Labute approximate surface area is 96.8 Å². The van der Waals surface area contributed by atoms with Gasteiger partial charge in [0.1, 0.15) is 5.15 Å². The van der Waals surface area contributed by atoms with Crippen LogP contribution in [0.5, 0.6) is 0 Å². The molecule has 1 aromatic carbocycles. The summed E-state index contributed by atoms with van der Waals surface area (Å²) in [6.07, 6.45) is 1.74. The number of halogens is 2. The molecule has 0 aliphatic carbocycles. The van der Waals surface area contributed by atoms with Crippen LogP contribution in [0.4, 0.5) is 0 Å². The number of aromatic nitrogens is 1. The molecular weight excluding hydrogens is 233 g/mol. The quantitative estimate of drug-likeness (QED) is 0.797. The smallest absolute Gasteiger partial charge is 0.253 e. The van der Waals surface area contributed by atoms with Gasteiger partial charge in [0, 0.05) is 17.3 Å². The lowest BCUT2D eigenvalue weighted by atomic mass is 10.0. The van der Waals surface area contributed by atoms with Crippen LogP contribution in [0.15, 0.2) is 36.5 Å². The van der Waals surface area contributed by atoms with Crippen molar-refractivity contribution < 1.29 is 4.79 Å². The van der Waals surface area contributed by atoms with Crippen molar-refractivity contribution in [2.24, 2.45) is 0 Å². The average Bonchev–Trinajstić information content (AvgIpc) is 2.65. The fraction of sp³-hybridized carbons (Fsp3) is 0. The predicted molar refractivity (Wildman–Crippen MR) is 61.4 cm³/mol. The molecule has 0 aliphatic rings. The molecule has 0 radical (unpaired) electrons. The van der Waals surface area contributed by atoms with Gasteiger partial charge in [-0.15, -0.1) is 0 Å². The predicted octanol–water partition coefficient (Wildman–Crippen LogP) is 3.71.